The van der Waals surface area contributed by atoms with Crippen LogP contribution in [0.5, 0.6) is 23.0 Å². The second-order valence-electron chi connectivity index (χ2n) is 12.9. The summed E-state index contributed by atoms with van der Waals surface area (Å²) in [4.78, 5) is 25.4. The van der Waals surface area contributed by atoms with Gasteiger partial charge in [0, 0.05) is 9.75 Å². The van der Waals surface area contributed by atoms with Crippen molar-refractivity contribution in [1.82, 2.24) is 0 Å². The van der Waals surface area contributed by atoms with Gasteiger partial charge in [0.15, 0.2) is 11.5 Å². The van der Waals surface area contributed by atoms with Gasteiger partial charge in [-0.1, -0.05) is 64.1 Å². The van der Waals surface area contributed by atoms with Crippen LogP contribution in [0, 0.1) is 0 Å². The molecule has 6 rings (SSSR count). The summed E-state index contributed by atoms with van der Waals surface area (Å²) < 4.78 is 94.2. The van der Waals surface area contributed by atoms with Crippen molar-refractivity contribution in [2.24, 2.45) is 0 Å². The molecule has 2 N–H and O–H groups in total. The maximum absolute atomic E-state index is 12.2. The van der Waals surface area contributed by atoms with Crippen molar-refractivity contribution in [1.29, 1.82) is 0 Å². The molecule has 2 heterocycles. The van der Waals surface area contributed by atoms with E-state index in [-0.39, 0.29) is 47.3 Å². The van der Waals surface area contributed by atoms with Gasteiger partial charge in [0.2, 0.25) is 0 Å². The largest absolute Gasteiger partial charge is 0.573 e. The predicted molar refractivity (Wildman–Crippen MR) is 201 cm³/mol. The molecule has 0 aliphatic heterocycles. The number of carboxylic acids is 2. The predicted octanol–water partition coefficient (Wildman–Crippen LogP) is 12.4. The number of fused-ring (bicyclic) bond motifs is 2. The number of alkyl halides is 6. The molecule has 56 heavy (non-hydrogen) atoms. The number of ether oxygens (including phenoxy) is 4. The highest BCUT2D eigenvalue weighted by Gasteiger charge is 2.32. The van der Waals surface area contributed by atoms with E-state index in [9.17, 15) is 46.1 Å². The molecular weight excluding hydrogens is 787 g/mol. The van der Waals surface area contributed by atoms with E-state index in [1.54, 1.807) is 12.1 Å². The third kappa shape index (κ3) is 10.8. The number of benzene rings is 4. The number of aromatic carboxylic acids is 2. The minimum absolute atomic E-state index is 0.0145. The SMILES string of the molecule is CC(C)c1cc2ccc(C(=O)O)c(OCc3ccc(OC(F)(F)F)cc3)c2s1.CC(C)c1cc2ccc(C(=O)O)c(OCc3ccc(OC(F)(F)F)cc3)c2s1. The first kappa shape index (κ1) is 41.7. The third-order valence-electron chi connectivity index (χ3n) is 8.00. The highest BCUT2D eigenvalue weighted by atomic mass is 32.1. The molecule has 0 atom stereocenters. The van der Waals surface area contributed by atoms with Crippen LogP contribution >= 0.6 is 22.7 Å². The lowest BCUT2D eigenvalue weighted by atomic mass is 10.1. The minimum atomic E-state index is -4.75. The summed E-state index contributed by atoms with van der Waals surface area (Å²) in [7, 11) is 0. The van der Waals surface area contributed by atoms with Crippen molar-refractivity contribution < 1.29 is 65.1 Å². The Balaban J connectivity index is 0.000000214. The quantitative estimate of drug-likeness (QED) is 0.117. The molecule has 0 bridgehead atoms. The van der Waals surface area contributed by atoms with Crippen molar-refractivity contribution in [2.45, 2.75) is 65.5 Å². The average molecular weight is 821 g/mol. The van der Waals surface area contributed by atoms with Crippen LogP contribution in [-0.4, -0.2) is 34.9 Å². The molecule has 0 amide bonds. The van der Waals surface area contributed by atoms with E-state index < -0.39 is 24.7 Å². The number of carboxylic acid groups (broad SMARTS) is 2. The smallest absolute Gasteiger partial charge is 0.486 e. The molecular formula is C40H34F6O8S2. The summed E-state index contributed by atoms with van der Waals surface area (Å²) >= 11 is 2.95. The second kappa shape index (κ2) is 17.1. The monoisotopic (exact) mass is 820 g/mol. The highest BCUT2D eigenvalue weighted by Crippen LogP contribution is 2.41. The Bertz CT molecular complexity index is 2150. The van der Waals surface area contributed by atoms with Crippen molar-refractivity contribution in [2.75, 3.05) is 0 Å². The summed E-state index contributed by atoms with van der Waals surface area (Å²) in [5.41, 5.74) is 1.26. The first-order chi connectivity index (χ1) is 26.3. The number of hydrogen-bond donors (Lipinski definition) is 2. The maximum atomic E-state index is 12.2. The molecule has 2 aromatic heterocycles. The Kier molecular flexibility index (Phi) is 12.7. The molecule has 0 saturated heterocycles. The van der Waals surface area contributed by atoms with Gasteiger partial charge in [0.05, 0.1) is 9.40 Å². The van der Waals surface area contributed by atoms with E-state index in [0.717, 1.165) is 29.9 Å². The summed E-state index contributed by atoms with van der Waals surface area (Å²) in [5, 5.41) is 20.8. The number of thiophene rings is 2. The molecule has 0 radical (unpaired) electrons. The van der Waals surface area contributed by atoms with Crippen LogP contribution in [0.3, 0.4) is 0 Å². The van der Waals surface area contributed by atoms with E-state index in [1.807, 2.05) is 39.8 Å². The van der Waals surface area contributed by atoms with E-state index in [2.05, 4.69) is 9.47 Å². The zero-order valence-corrected chi connectivity index (χ0v) is 31.7. The minimum Gasteiger partial charge on any atom is -0.486 e. The molecule has 0 unspecified atom stereocenters. The van der Waals surface area contributed by atoms with Crippen molar-refractivity contribution in [3.8, 4) is 23.0 Å². The van der Waals surface area contributed by atoms with Crippen LogP contribution in [0.1, 0.15) is 81.1 Å². The summed E-state index contributed by atoms with van der Waals surface area (Å²) in [5.74, 6) is -1.76. The highest BCUT2D eigenvalue weighted by molar-refractivity contribution is 7.20. The van der Waals surface area contributed by atoms with E-state index in [1.165, 1.54) is 83.3 Å². The molecule has 0 aliphatic rings. The van der Waals surface area contributed by atoms with Gasteiger partial charge in [0.25, 0.3) is 0 Å². The zero-order chi connectivity index (χ0) is 40.9. The number of carbonyl (C=O) groups is 2. The van der Waals surface area contributed by atoms with Gasteiger partial charge in [-0.25, -0.2) is 9.59 Å². The van der Waals surface area contributed by atoms with Gasteiger partial charge in [-0.05, 0) is 82.3 Å². The number of rotatable bonds is 12. The van der Waals surface area contributed by atoms with Gasteiger partial charge in [-0.2, -0.15) is 0 Å². The average Bonchev–Trinajstić information content (AvgIpc) is 3.75. The van der Waals surface area contributed by atoms with Gasteiger partial charge >= 0.3 is 24.7 Å². The van der Waals surface area contributed by atoms with Crippen LogP contribution in [0.15, 0.2) is 84.9 Å². The fourth-order valence-electron chi connectivity index (χ4n) is 5.27. The lowest BCUT2D eigenvalue weighted by Gasteiger charge is -2.12. The third-order valence-corrected chi connectivity index (χ3v) is 10.9. The van der Waals surface area contributed by atoms with Crippen molar-refractivity contribution in [3.63, 3.8) is 0 Å². The van der Waals surface area contributed by atoms with Crippen LogP contribution in [0.25, 0.3) is 20.2 Å². The van der Waals surface area contributed by atoms with Gasteiger partial charge in [0.1, 0.15) is 35.8 Å². The number of hydrogen-bond acceptors (Lipinski definition) is 8. The number of halogens is 6. The van der Waals surface area contributed by atoms with E-state index in [0.29, 0.717) is 23.0 Å². The molecule has 0 saturated carbocycles. The fraction of sp³-hybridized carbons (Fsp3) is 0.250. The fourth-order valence-corrected chi connectivity index (χ4v) is 7.60. The van der Waals surface area contributed by atoms with Crippen LogP contribution < -0.4 is 18.9 Å². The zero-order valence-electron chi connectivity index (χ0n) is 30.1. The second-order valence-corrected chi connectivity index (χ2v) is 15.1. The Morgan fingerprint density at radius 3 is 1.20 bits per heavy atom. The molecule has 6 aromatic rings. The van der Waals surface area contributed by atoms with E-state index >= 15 is 0 Å². The van der Waals surface area contributed by atoms with Crippen LogP contribution in [-0.2, 0) is 13.2 Å². The molecule has 0 aliphatic carbocycles. The topological polar surface area (TPSA) is 112 Å². The molecule has 16 heteroatoms. The Labute approximate surface area is 324 Å². The molecule has 0 fully saturated rings. The Morgan fingerprint density at radius 1 is 0.571 bits per heavy atom. The first-order valence-corrected chi connectivity index (χ1v) is 18.5. The van der Waals surface area contributed by atoms with Gasteiger partial charge in [-0.15, -0.1) is 49.0 Å². The van der Waals surface area contributed by atoms with Crippen LogP contribution in [0.4, 0.5) is 26.3 Å². The molecule has 0 spiro atoms. The van der Waals surface area contributed by atoms with Crippen LogP contribution in [0.2, 0.25) is 0 Å². The molecule has 8 nitrogen and oxygen atoms in total. The van der Waals surface area contributed by atoms with Gasteiger partial charge < -0.3 is 29.2 Å². The molecule has 296 valence electrons. The molecule has 4 aromatic carbocycles. The summed E-state index contributed by atoms with van der Waals surface area (Å²) in [6, 6.07) is 21.0. The normalized spacial score (nSPS) is 11.8. The summed E-state index contributed by atoms with van der Waals surface area (Å²) in [6.45, 7) is 8.23. The van der Waals surface area contributed by atoms with Crippen molar-refractivity contribution >= 4 is 54.8 Å². The Morgan fingerprint density at radius 2 is 0.911 bits per heavy atom. The van der Waals surface area contributed by atoms with E-state index in [4.69, 9.17) is 9.47 Å². The van der Waals surface area contributed by atoms with Crippen molar-refractivity contribution in [3.05, 3.63) is 117 Å². The lowest BCUT2D eigenvalue weighted by molar-refractivity contribution is -0.275. The lowest BCUT2D eigenvalue weighted by Crippen LogP contribution is -2.17. The Hall–Kier alpha value is -5.48. The first-order valence-electron chi connectivity index (χ1n) is 16.8. The van der Waals surface area contributed by atoms with Gasteiger partial charge in [-0.3, -0.25) is 0 Å². The summed E-state index contributed by atoms with van der Waals surface area (Å²) in [6.07, 6.45) is -9.51. The maximum Gasteiger partial charge on any atom is 0.573 e. The standard InChI is InChI=1S/2C20H17F3O4S/c2*1-11(2)16-9-13-5-8-15(19(24)25)17(18(13)28-16)26-10-12-3-6-14(7-4-12)27-20(21,22)23/h2*3-9,11H,10H2,1-2H3,(H,24,25).